The number of nitrogens with one attached hydrogen (secondary N) is 1. The highest BCUT2D eigenvalue weighted by molar-refractivity contribution is 6.35. The summed E-state index contributed by atoms with van der Waals surface area (Å²) in [5.41, 5.74) is 6.95. The topological polar surface area (TPSA) is 67.1 Å². The predicted molar refractivity (Wildman–Crippen MR) is 86.7 cm³/mol. The Morgan fingerprint density at radius 1 is 1.29 bits per heavy atom. The Hall–Kier alpha value is -2.01. The van der Waals surface area contributed by atoms with Gasteiger partial charge in [0.25, 0.3) is 0 Å². The second kappa shape index (κ2) is 6.18. The van der Waals surface area contributed by atoms with Gasteiger partial charge in [-0.2, -0.15) is 0 Å². The van der Waals surface area contributed by atoms with Crippen LogP contribution in [0, 0.1) is 5.92 Å². The van der Waals surface area contributed by atoms with Crippen molar-refractivity contribution in [1.82, 2.24) is 9.97 Å². The number of hydrogen-bond donors (Lipinski definition) is 2. The van der Waals surface area contributed by atoms with Gasteiger partial charge in [-0.15, -0.1) is 0 Å². The minimum atomic E-state index is 0.312. The van der Waals surface area contributed by atoms with E-state index in [0.29, 0.717) is 22.6 Å². The highest BCUT2D eigenvalue weighted by Crippen LogP contribution is 2.26. The number of nitrogen functional groups attached to an aromatic ring is 1. The molecule has 1 fully saturated rings. The molecule has 6 heteroatoms. The van der Waals surface area contributed by atoms with E-state index in [2.05, 4.69) is 44.5 Å². The first-order valence-corrected chi connectivity index (χ1v) is 7.41. The van der Waals surface area contributed by atoms with Crippen LogP contribution in [0.5, 0.6) is 0 Å². The van der Waals surface area contributed by atoms with Crippen molar-refractivity contribution in [3.63, 3.8) is 0 Å². The van der Waals surface area contributed by atoms with Gasteiger partial charge in [0.15, 0.2) is 0 Å². The summed E-state index contributed by atoms with van der Waals surface area (Å²) >= 11 is 6.08. The molecule has 3 N–H and O–H groups in total. The lowest BCUT2D eigenvalue weighted by atomic mass is 10.1. The van der Waals surface area contributed by atoms with Gasteiger partial charge in [0.05, 0.1) is 0 Å². The maximum absolute atomic E-state index is 6.08. The number of nitrogens with two attached hydrogens (primary N) is 1. The molecule has 0 saturated carbocycles. The first kappa shape index (κ1) is 13.9. The summed E-state index contributed by atoms with van der Waals surface area (Å²) in [7, 11) is 0. The SMILES string of the molecule is Nc1ncnc(NCC2CCN(c3ccccc3)C2)c1Cl. The average molecular weight is 304 g/mol. The van der Waals surface area contributed by atoms with Gasteiger partial charge >= 0.3 is 0 Å². The molecule has 3 rings (SSSR count). The fraction of sp³-hybridized carbons (Fsp3) is 0.333. The van der Waals surface area contributed by atoms with Crippen molar-refractivity contribution in [1.29, 1.82) is 0 Å². The Morgan fingerprint density at radius 2 is 2.10 bits per heavy atom. The van der Waals surface area contributed by atoms with Gasteiger partial charge in [-0.05, 0) is 24.5 Å². The molecule has 0 bridgehead atoms. The summed E-state index contributed by atoms with van der Waals surface area (Å²) in [6.45, 7) is 2.95. The quantitative estimate of drug-likeness (QED) is 0.909. The molecule has 5 nitrogen and oxygen atoms in total. The van der Waals surface area contributed by atoms with E-state index in [4.69, 9.17) is 17.3 Å². The van der Waals surface area contributed by atoms with Crippen LogP contribution in [-0.4, -0.2) is 29.6 Å². The summed E-state index contributed by atoms with van der Waals surface area (Å²) < 4.78 is 0. The van der Waals surface area contributed by atoms with E-state index in [1.54, 1.807) is 0 Å². The Kier molecular flexibility index (Phi) is 4.10. The first-order chi connectivity index (χ1) is 10.2. The van der Waals surface area contributed by atoms with Crippen molar-refractivity contribution in [2.24, 2.45) is 5.92 Å². The van der Waals surface area contributed by atoms with Crippen LogP contribution in [0.25, 0.3) is 0 Å². The molecule has 0 spiro atoms. The largest absolute Gasteiger partial charge is 0.382 e. The molecular weight excluding hydrogens is 286 g/mol. The number of para-hydroxylation sites is 1. The Balaban J connectivity index is 1.57. The molecule has 0 amide bonds. The van der Waals surface area contributed by atoms with Crippen LogP contribution in [0.3, 0.4) is 0 Å². The van der Waals surface area contributed by atoms with Gasteiger partial charge in [-0.1, -0.05) is 29.8 Å². The van der Waals surface area contributed by atoms with Crippen molar-refractivity contribution in [2.75, 3.05) is 35.6 Å². The zero-order valence-corrected chi connectivity index (χ0v) is 12.4. The fourth-order valence-corrected chi connectivity index (χ4v) is 2.78. The first-order valence-electron chi connectivity index (χ1n) is 7.04. The monoisotopic (exact) mass is 303 g/mol. The second-order valence-electron chi connectivity index (χ2n) is 5.24. The lowest BCUT2D eigenvalue weighted by Gasteiger charge is -2.19. The van der Waals surface area contributed by atoms with Crippen molar-refractivity contribution in [2.45, 2.75) is 6.42 Å². The minimum Gasteiger partial charge on any atom is -0.382 e. The molecule has 1 saturated heterocycles. The minimum absolute atomic E-state index is 0.312. The van der Waals surface area contributed by atoms with Crippen LogP contribution in [0.4, 0.5) is 17.3 Å². The number of hydrogen-bond acceptors (Lipinski definition) is 5. The average Bonchev–Trinajstić information content (AvgIpc) is 2.99. The van der Waals surface area contributed by atoms with Crippen molar-refractivity contribution >= 4 is 28.9 Å². The normalized spacial score (nSPS) is 18.0. The smallest absolute Gasteiger partial charge is 0.150 e. The van der Waals surface area contributed by atoms with Crippen LogP contribution < -0.4 is 16.0 Å². The zero-order valence-electron chi connectivity index (χ0n) is 11.7. The molecule has 1 aliphatic heterocycles. The van der Waals surface area contributed by atoms with Crippen LogP contribution in [0.2, 0.25) is 5.02 Å². The standard InChI is InChI=1S/C15H18ClN5/c16-13-14(17)19-10-20-15(13)18-8-11-6-7-21(9-11)12-4-2-1-3-5-12/h1-5,10-11H,6-9H2,(H3,17,18,19,20). The second-order valence-corrected chi connectivity index (χ2v) is 5.62. The van der Waals surface area contributed by atoms with E-state index in [0.717, 1.165) is 26.1 Å². The van der Waals surface area contributed by atoms with E-state index < -0.39 is 0 Å². The molecular formula is C15H18ClN5. The number of halogens is 1. The Bertz CT molecular complexity index is 604. The molecule has 0 radical (unpaired) electrons. The van der Waals surface area contributed by atoms with Gasteiger partial charge in [-0.25, -0.2) is 9.97 Å². The highest BCUT2D eigenvalue weighted by Gasteiger charge is 2.22. The summed E-state index contributed by atoms with van der Waals surface area (Å²) in [6.07, 6.45) is 2.58. The fourth-order valence-electron chi connectivity index (χ4n) is 2.62. The summed E-state index contributed by atoms with van der Waals surface area (Å²) in [5.74, 6) is 1.49. The number of nitrogens with zero attached hydrogens (tertiary/aromatic N) is 3. The third-order valence-corrected chi connectivity index (χ3v) is 4.15. The van der Waals surface area contributed by atoms with Crippen LogP contribution in [0.15, 0.2) is 36.7 Å². The molecule has 2 heterocycles. The third kappa shape index (κ3) is 3.19. The van der Waals surface area contributed by atoms with Crippen LogP contribution in [0.1, 0.15) is 6.42 Å². The number of rotatable bonds is 4. The van der Waals surface area contributed by atoms with E-state index >= 15 is 0 Å². The predicted octanol–water partition coefficient (Wildman–Crippen LogP) is 2.65. The highest BCUT2D eigenvalue weighted by atomic mass is 35.5. The van der Waals surface area contributed by atoms with E-state index in [-0.39, 0.29) is 0 Å². The van der Waals surface area contributed by atoms with E-state index in [9.17, 15) is 0 Å². The van der Waals surface area contributed by atoms with Crippen LogP contribution >= 0.6 is 11.6 Å². The summed E-state index contributed by atoms with van der Waals surface area (Å²) in [6, 6.07) is 10.5. The van der Waals surface area contributed by atoms with Crippen molar-refractivity contribution in [3.8, 4) is 0 Å². The Morgan fingerprint density at radius 3 is 2.90 bits per heavy atom. The zero-order chi connectivity index (χ0) is 14.7. The summed E-state index contributed by atoms with van der Waals surface area (Å²) in [5, 5.41) is 3.68. The van der Waals surface area contributed by atoms with Gasteiger partial charge in [-0.3, -0.25) is 0 Å². The molecule has 1 atom stereocenters. The molecule has 2 aromatic rings. The van der Waals surface area contributed by atoms with Gasteiger partial charge < -0.3 is 16.0 Å². The lowest BCUT2D eigenvalue weighted by molar-refractivity contribution is 0.621. The molecule has 0 aliphatic carbocycles. The molecule has 1 aromatic carbocycles. The molecule has 21 heavy (non-hydrogen) atoms. The molecule has 110 valence electrons. The van der Waals surface area contributed by atoms with Crippen molar-refractivity contribution < 1.29 is 0 Å². The van der Waals surface area contributed by atoms with E-state index in [1.165, 1.54) is 12.0 Å². The number of anilines is 3. The Labute approximate surface area is 129 Å². The molecule has 1 aliphatic rings. The number of aromatic nitrogens is 2. The van der Waals surface area contributed by atoms with E-state index in [1.807, 2.05) is 6.07 Å². The van der Waals surface area contributed by atoms with Crippen molar-refractivity contribution in [3.05, 3.63) is 41.7 Å². The summed E-state index contributed by atoms with van der Waals surface area (Å²) in [4.78, 5) is 10.4. The number of benzene rings is 1. The maximum atomic E-state index is 6.08. The van der Waals surface area contributed by atoms with Gasteiger partial charge in [0, 0.05) is 25.3 Å². The van der Waals surface area contributed by atoms with Crippen LogP contribution in [-0.2, 0) is 0 Å². The lowest BCUT2D eigenvalue weighted by Crippen LogP contribution is -2.22. The maximum Gasteiger partial charge on any atom is 0.150 e. The van der Waals surface area contributed by atoms with Gasteiger partial charge in [0.2, 0.25) is 0 Å². The molecule has 1 unspecified atom stereocenters. The van der Waals surface area contributed by atoms with Gasteiger partial charge in [0.1, 0.15) is 23.0 Å². The third-order valence-electron chi connectivity index (χ3n) is 3.78. The molecule has 1 aromatic heterocycles.